The van der Waals surface area contributed by atoms with E-state index in [2.05, 4.69) is 5.32 Å². The highest BCUT2D eigenvalue weighted by Crippen LogP contribution is 2.35. The number of rotatable bonds is 3. The zero-order valence-electron chi connectivity index (χ0n) is 10.1. The second-order valence-corrected chi connectivity index (χ2v) is 8.70. The van der Waals surface area contributed by atoms with Crippen LogP contribution in [0.25, 0.3) is 9.40 Å². The lowest BCUT2D eigenvalue weighted by Crippen LogP contribution is -2.39. The van der Waals surface area contributed by atoms with Crippen molar-refractivity contribution in [2.45, 2.75) is 16.7 Å². The van der Waals surface area contributed by atoms with Gasteiger partial charge in [-0.15, -0.1) is 22.7 Å². The van der Waals surface area contributed by atoms with Gasteiger partial charge in [-0.05, 0) is 12.1 Å². The fraction of sp³-hybridized carbons (Fsp3) is 0.455. The third kappa shape index (κ3) is 2.99. The van der Waals surface area contributed by atoms with Crippen molar-refractivity contribution in [1.29, 1.82) is 0 Å². The Hall–Kier alpha value is -0.510. The molecule has 0 aliphatic carbocycles. The topological polar surface area (TPSA) is 81.4 Å². The third-order valence-electron chi connectivity index (χ3n) is 2.96. The molecule has 1 aliphatic heterocycles. The standard InChI is InChI=1S/C11H14N2O3S3/c12-19(14,15)10-4-7-3-9(17-11(7)18-10)5-8-6-13-1-2-16-8/h3-4,8,13H,1-2,5-6H2,(H2,12,14,15). The van der Waals surface area contributed by atoms with Crippen molar-refractivity contribution in [3.63, 3.8) is 0 Å². The second-order valence-electron chi connectivity index (χ2n) is 4.47. The Balaban J connectivity index is 1.81. The van der Waals surface area contributed by atoms with Crippen molar-refractivity contribution in [1.82, 2.24) is 5.32 Å². The van der Waals surface area contributed by atoms with Crippen LogP contribution < -0.4 is 10.5 Å². The Morgan fingerprint density at radius 3 is 2.89 bits per heavy atom. The van der Waals surface area contributed by atoms with E-state index in [1.54, 1.807) is 17.4 Å². The molecule has 0 amide bonds. The third-order valence-corrected chi connectivity index (χ3v) is 6.79. The number of nitrogens with one attached hydrogen (secondary N) is 1. The van der Waals surface area contributed by atoms with Crippen molar-refractivity contribution in [3.8, 4) is 0 Å². The van der Waals surface area contributed by atoms with Crippen LogP contribution in [0, 0.1) is 0 Å². The summed E-state index contributed by atoms with van der Waals surface area (Å²) in [7, 11) is -3.58. The lowest BCUT2D eigenvalue weighted by Gasteiger charge is -2.22. The predicted octanol–water partition coefficient (Wildman–Crippen LogP) is 1.14. The van der Waals surface area contributed by atoms with Gasteiger partial charge in [0.2, 0.25) is 10.0 Å². The van der Waals surface area contributed by atoms with Crippen molar-refractivity contribution in [2.24, 2.45) is 5.14 Å². The van der Waals surface area contributed by atoms with Gasteiger partial charge < -0.3 is 10.1 Å². The maximum atomic E-state index is 11.3. The Bertz CT molecular complexity index is 652. The Morgan fingerprint density at radius 1 is 1.42 bits per heavy atom. The first-order valence-electron chi connectivity index (χ1n) is 5.90. The van der Waals surface area contributed by atoms with Crippen molar-refractivity contribution >= 4 is 42.1 Å². The molecule has 0 saturated carbocycles. The van der Waals surface area contributed by atoms with Gasteiger partial charge in [0.25, 0.3) is 0 Å². The van der Waals surface area contributed by atoms with E-state index < -0.39 is 10.0 Å². The minimum Gasteiger partial charge on any atom is -0.375 e. The van der Waals surface area contributed by atoms with Crippen LogP contribution in [0.1, 0.15) is 4.88 Å². The monoisotopic (exact) mass is 318 g/mol. The average Bonchev–Trinajstić information content (AvgIpc) is 2.87. The Labute approximate surface area is 119 Å². The summed E-state index contributed by atoms with van der Waals surface area (Å²) in [6.07, 6.45) is 1.07. The van der Waals surface area contributed by atoms with Crippen LogP contribution >= 0.6 is 22.7 Å². The SMILES string of the molecule is NS(=O)(=O)c1cc2cc(CC3CNCCO3)sc2s1. The molecule has 19 heavy (non-hydrogen) atoms. The molecule has 1 saturated heterocycles. The minimum atomic E-state index is -3.58. The van der Waals surface area contributed by atoms with Gasteiger partial charge in [0.15, 0.2) is 0 Å². The van der Waals surface area contributed by atoms with E-state index in [0.717, 1.165) is 35.5 Å². The predicted molar refractivity (Wildman–Crippen MR) is 77.4 cm³/mol. The number of morpholine rings is 1. The number of hydrogen-bond acceptors (Lipinski definition) is 6. The molecule has 0 spiro atoms. The molecule has 8 heteroatoms. The van der Waals surface area contributed by atoms with Gasteiger partial charge in [-0.25, -0.2) is 13.6 Å². The molecule has 2 aromatic heterocycles. The first kappa shape index (κ1) is 13.5. The summed E-state index contributed by atoms with van der Waals surface area (Å²) < 4.78 is 29.4. The normalized spacial score (nSPS) is 21.0. The van der Waals surface area contributed by atoms with E-state index in [-0.39, 0.29) is 10.3 Å². The van der Waals surface area contributed by atoms with Crippen LogP contribution in [0.15, 0.2) is 16.3 Å². The van der Waals surface area contributed by atoms with Crippen LogP contribution in [0.4, 0.5) is 0 Å². The van der Waals surface area contributed by atoms with Crippen LogP contribution in [-0.4, -0.2) is 34.2 Å². The van der Waals surface area contributed by atoms with E-state index in [0.29, 0.717) is 0 Å². The maximum Gasteiger partial charge on any atom is 0.247 e. The summed E-state index contributed by atoms with van der Waals surface area (Å²) in [6.45, 7) is 2.53. The molecule has 1 aliphatic rings. The molecule has 0 bridgehead atoms. The molecule has 3 N–H and O–H groups in total. The Kier molecular flexibility index (Phi) is 3.63. The van der Waals surface area contributed by atoms with E-state index in [1.807, 2.05) is 6.07 Å². The van der Waals surface area contributed by atoms with E-state index in [9.17, 15) is 8.42 Å². The molecule has 104 valence electrons. The van der Waals surface area contributed by atoms with E-state index >= 15 is 0 Å². The number of hydrogen-bond donors (Lipinski definition) is 2. The minimum absolute atomic E-state index is 0.208. The summed E-state index contributed by atoms with van der Waals surface area (Å²) in [5.74, 6) is 0. The van der Waals surface area contributed by atoms with Gasteiger partial charge in [0.05, 0.1) is 16.7 Å². The molecule has 0 aromatic carbocycles. The van der Waals surface area contributed by atoms with Crippen LogP contribution in [-0.2, 0) is 21.2 Å². The molecule has 1 fully saturated rings. The van der Waals surface area contributed by atoms with Gasteiger partial charge in [-0.2, -0.15) is 0 Å². The van der Waals surface area contributed by atoms with E-state index in [1.165, 1.54) is 16.2 Å². The molecule has 1 unspecified atom stereocenters. The number of nitrogens with two attached hydrogens (primary N) is 1. The largest absolute Gasteiger partial charge is 0.375 e. The number of primary sulfonamides is 1. The molecule has 3 rings (SSSR count). The second kappa shape index (κ2) is 5.12. The van der Waals surface area contributed by atoms with Crippen molar-refractivity contribution < 1.29 is 13.2 Å². The number of ether oxygens (including phenoxy) is 1. The lowest BCUT2D eigenvalue weighted by molar-refractivity contribution is 0.0297. The molecular formula is C11H14N2O3S3. The molecule has 1 atom stereocenters. The average molecular weight is 318 g/mol. The molecule has 0 radical (unpaired) electrons. The first-order valence-corrected chi connectivity index (χ1v) is 9.08. The lowest BCUT2D eigenvalue weighted by atomic mass is 10.2. The quantitative estimate of drug-likeness (QED) is 0.889. The van der Waals surface area contributed by atoms with Crippen LogP contribution in [0.2, 0.25) is 0 Å². The zero-order chi connectivity index (χ0) is 13.5. The fourth-order valence-electron chi connectivity index (χ4n) is 2.08. The fourth-order valence-corrected chi connectivity index (χ4v) is 5.54. The highest BCUT2D eigenvalue weighted by Gasteiger charge is 2.18. The van der Waals surface area contributed by atoms with Crippen LogP contribution in [0.5, 0.6) is 0 Å². The van der Waals surface area contributed by atoms with Gasteiger partial charge in [-0.1, -0.05) is 0 Å². The molecular weight excluding hydrogens is 304 g/mol. The van der Waals surface area contributed by atoms with Gasteiger partial charge in [0, 0.05) is 29.8 Å². The summed E-state index contributed by atoms with van der Waals surface area (Å²) in [4.78, 5) is 1.22. The van der Waals surface area contributed by atoms with Gasteiger partial charge >= 0.3 is 0 Å². The number of fused-ring (bicyclic) bond motifs is 1. The van der Waals surface area contributed by atoms with Gasteiger partial charge in [-0.3, -0.25) is 0 Å². The number of thiophene rings is 2. The molecule has 2 aromatic rings. The highest BCUT2D eigenvalue weighted by atomic mass is 32.2. The number of sulfonamides is 1. The molecule has 5 nitrogen and oxygen atoms in total. The summed E-state index contributed by atoms with van der Waals surface area (Å²) in [5.41, 5.74) is 0. The van der Waals surface area contributed by atoms with Gasteiger partial charge in [0.1, 0.15) is 4.21 Å². The molecule has 3 heterocycles. The smallest absolute Gasteiger partial charge is 0.247 e. The zero-order valence-corrected chi connectivity index (χ0v) is 12.5. The first-order chi connectivity index (χ1) is 9.02. The summed E-state index contributed by atoms with van der Waals surface area (Å²) in [5, 5.41) is 9.38. The van der Waals surface area contributed by atoms with Crippen molar-refractivity contribution in [3.05, 3.63) is 17.0 Å². The summed E-state index contributed by atoms with van der Waals surface area (Å²) >= 11 is 2.85. The van der Waals surface area contributed by atoms with Crippen LogP contribution in [0.3, 0.4) is 0 Å². The Morgan fingerprint density at radius 2 is 2.26 bits per heavy atom. The highest BCUT2D eigenvalue weighted by molar-refractivity contribution is 7.91. The maximum absolute atomic E-state index is 11.3. The summed E-state index contributed by atoms with van der Waals surface area (Å²) in [6, 6.07) is 3.68. The van der Waals surface area contributed by atoms with E-state index in [4.69, 9.17) is 9.88 Å². The van der Waals surface area contributed by atoms with Crippen molar-refractivity contribution in [2.75, 3.05) is 19.7 Å².